The molecule has 0 aliphatic carbocycles. The van der Waals surface area contributed by atoms with Crippen molar-refractivity contribution in [2.75, 3.05) is 18.0 Å². The number of pyridine rings is 1. The molecule has 2 atom stereocenters. The van der Waals surface area contributed by atoms with Crippen LogP contribution >= 0.6 is 0 Å². The van der Waals surface area contributed by atoms with E-state index in [1.165, 1.54) is 6.92 Å². The molecule has 2 aromatic rings. The number of nitrogens with zero attached hydrogens (tertiary/aromatic N) is 3. The number of ether oxygens (including phenoxy) is 1. The first-order valence-corrected chi connectivity index (χ1v) is 9.73. The zero-order chi connectivity index (χ0) is 24.4. The van der Waals surface area contributed by atoms with Gasteiger partial charge in [0.2, 0.25) is 5.95 Å². The Labute approximate surface area is 183 Å². The van der Waals surface area contributed by atoms with Crippen molar-refractivity contribution >= 4 is 12.0 Å². The molecular formula is C19H19F6N5O3. The fraction of sp³-hybridized carbons (Fsp3) is 0.474. The number of hydrogen-bond acceptors (Lipinski definition) is 6. The molecule has 33 heavy (non-hydrogen) atoms. The van der Waals surface area contributed by atoms with Gasteiger partial charge >= 0.3 is 18.4 Å². The van der Waals surface area contributed by atoms with Gasteiger partial charge in [0.05, 0.1) is 11.6 Å². The smallest absolute Gasteiger partial charge is 0.421 e. The molecule has 3 heterocycles. The van der Waals surface area contributed by atoms with E-state index in [9.17, 15) is 35.9 Å². The van der Waals surface area contributed by atoms with E-state index in [4.69, 9.17) is 4.74 Å². The molecule has 14 heteroatoms. The van der Waals surface area contributed by atoms with Gasteiger partial charge in [-0.3, -0.25) is 4.79 Å². The van der Waals surface area contributed by atoms with E-state index in [1.807, 2.05) is 4.98 Å². The van der Waals surface area contributed by atoms with E-state index in [2.05, 4.69) is 15.3 Å². The largest absolute Gasteiger partial charge is 0.446 e. The second kappa shape index (κ2) is 9.27. The summed E-state index contributed by atoms with van der Waals surface area (Å²) in [5, 5.41) is 2.60. The highest BCUT2D eigenvalue weighted by atomic mass is 19.4. The van der Waals surface area contributed by atoms with Gasteiger partial charge in [-0.1, -0.05) is 0 Å². The zero-order valence-electron chi connectivity index (χ0n) is 17.1. The van der Waals surface area contributed by atoms with Crippen molar-refractivity contribution in [3.05, 3.63) is 51.7 Å². The predicted octanol–water partition coefficient (Wildman–Crippen LogP) is 3.14. The summed E-state index contributed by atoms with van der Waals surface area (Å²) < 4.78 is 81.6. The Hall–Kier alpha value is -3.32. The third-order valence-corrected chi connectivity index (χ3v) is 4.86. The molecule has 3 rings (SSSR count). The van der Waals surface area contributed by atoms with Crippen LogP contribution in [0.4, 0.5) is 37.1 Å². The van der Waals surface area contributed by atoms with Crippen LogP contribution in [0.1, 0.15) is 30.0 Å². The van der Waals surface area contributed by atoms with Crippen LogP contribution in [0, 0.1) is 0 Å². The summed E-state index contributed by atoms with van der Waals surface area (Å²) in [6.45, 7) is 2.11. The van der Waals surface area contributed by atoms with E-state index in [0.29, 0.717) is 31.4 Å². The summed E-state index contributed by atoms with van der Waals surface area (Å²) in [5.74, 6) is 0.0903. The number of carbonyl (C=O) groups excluding carboxylic acids is 1. The van der Waals surface area contributed by atoms with Gasteiger partial charge in [0.1, 0.15) is 11.7 Å². The average Bonchev–Trinajstić information content (AvgIpc) is 3.16. The standard InChI is InChI=1S/C19H19F6N5O3/c1-10(4-11-5-14(19(23,24)25)15(31)26-6-11)33-17(32)29-13-2-3-30(9-13)16-27-7-12(8-28-16)18(20,21)22/h5-8,10,13H,2-4,9H2,1H3,(H,26,31)(H,29,32)/t10-,13+/m0/s1. The maximum absolute atomic E-state index is 12.9. The van der Waals surface area contributed by atoms with Crippen LogP contribution in [-0.4, -0.2) is 46.3 Å². The monoisotopic (exact) mass is 479 g/mol. The molecule has 0 radical (unpaired) electrons. The second-order valence-electron chi connectivity index (χ2n) is 7.51. The molecule has 1 saturated heterocycles. The Morgan fingerprint density at radius 2 is 1.91 bits per heavy atom. The molecule has 0 spiro atoms. The summed E-state index contributed by atoms with van der Waals surface area (Å²) in [6, 6.07) is 0.315. The first-order valence-electron chi connectivity index (χ1n) is 9.73. The summed E-state index contributed by atoms with van der Waals surface area (Å²) in [6.07, 6.45) is -8.08. The van der Waals surface area contributed by atoms with Gasteiger partial charge < -0.3 is 19.9 Å². The van der Waals surface area contributed by atoms with Gasteiger partial charge in [0, 0.05) is 38.1 Å². The predicted molar refractivity (Wildman–Crippen MR) is 102 cm³/mol. The fourth-order valence-electron chi connectivity index (χ4n) is 3.30. The van der Waals surface area contributed by atoms with Crippen molar-refractivity contribution in [3.8, 4) is 0 Å². The molecule has 1 aliphatic heterocycles. The number of carbonyl (C=O) groups is 1. The number of hydrogen-bond donors (Lipinski definition) is 2. The van der Waals surface area contributed by atoms with Crippen LogP contribution in [0.5, 0.6) is 0 Å². The summed E-state index contributed by atoms with van der Waals surface area (Å²) in [7, 11) is 0. The summed E-state index contributed by atoms with van der Waals surface area (Å²) >= 11 is 0. The topological polar surface area (TPSA) is 100 Å². The van der Waals surface area contributed by atoms with Gasteiger partial charge in [-0.05, 0) is 25.0 Å². The average molecular weight is 479 g/mol. The van der Waals surface area contributed by atoms with E-state index in [-0.39, 0.29) is 30.5 Å². The van der Waals surface area contributed by atoms with E-state index < -0.39 is 41.2 Å². The molecule has 1 amide bonds. The lowest BCUT2D eigenvalue weighted by molar-refractivity contribution is -0.139. The molecule has 0 bridgehead atoms. The maximum Gasteiger partial charge on any atom is 0.421 e. The Kier molecular flexibility index (Phi) is 6.84. The first-order chi connectivity index (χ1) is 15.3. The number of alkyl halides is 6. The number of rotatable bonds is 5. The molecule has 0 unspecified atom stereocenters. The third kappa shape index (κ3) is 6.35. The van der Waals surface area contributed by atoms with Gasteiger partial charge in [-0.15, -0.1) is 0 Å². The Morgan fingerprint density at radius 3 is 2.52 bits per heavy atom. The molecule has 2 aromatic heterocycles. The second-order valence-corrected chi connectivity index (χ2v) is 7.51. The van der Waals surface area contributed by atoms with Crippen molar-refractivity contribution < 1.29 is 35.9 Å². The van der Waals surface area contributed by atoms with Gasteiger partial charge in [-0.2, -0.15) is 26.3 Å². The van der Waals surface area contributed by atoms with E-state index in [1.54, 1.807) is 4.90 Å². The normalized spacial score (nSPS) is 17.7. The number of amides is 1. The summed E-state index contributed by atoms with van der Waals surface area (Å²) in [5.41, 5.74) is -3.44. The maximum atomic E-state index is 12.9. The molecule has 1 aliphatic rings. The van der Waals surface area contributed by atoms with Crippen molar-refractivity contribution in [2.24, 2.45) is 0 Å². The van der Waals surface area contributed by atoms with Crippen molar-refractivity contribution in [2.45, 2.75) is 44.3 Å². The number of aromatic nitrogens is 3. The van der Waals surface area contributed by atoms with Crippen LogP contribution in [0.3, 0.4) is 0 Å². The van der Waals surface area contributed by atoms with Crippen LogP contribution in [-0.2, 0) is 23.5 Å². The van der Waals surface area contributed by atoms with Crippen LogP contribution in [0.2, 0.25) is 0 Å². The lowest BCUT2D eigenvalue weighted by Crippen LogP contribution is -2.39. The minimum Gasteiger partial charge on any atom is -0.446 e. The van der Waals surface area contributed by atoms with Gasteiger partial charge in [0.25, 0.3) is 5.56 Å². The van der Waals surface area contributed by atoms with Crippen LogP contribution in [0.15, 0.2) is 29.5 Å². The van der Waals surface area contributed by atoms with E-state index >= 15 is 0 Å². The number of alkyl carbamates (subject to hydrolysis) is 1. The van der Waals surface area contributed by atoms with Crippen molar-refractivity contribution in [1.82, 2.24) is 20.3 Å². The Bertz CT molecular complexity index is 1040. The fourth-order valence-corrected chi connectivity index (χ4v) is 3.30. The molecule has 0 saturated carbocycles. The van der Waals surface area contributed by atoms with Crippen LogP contribution < -0.4 is 15.8 Å². The number of H-pyrrole nitrogens is 1. The zero-order valence-corrected chi connectivity index (χ0v) is 17.1. The molecular weight excluding hydrogens is 460 g/mol. The first kappa shape index (κ1) is 24.3. The highest BCUT2D eigenvalue weighted by Gasteiger charge is 2.34. The van der Waals surface area contributed by atoms with Gasteiger partial charge in [-0.25, -0.2) is 14.8 Å². The van der Waals surface area contributed by atoms with E-state index in [0.717, 1.165) is 6.20 Å². The molecule has 180 valence electrons. The minimum atomic E-state index is -4.81. The quantitative estimate of drug-likeness (QED) is 0.640. The highest BCUT2D eigenvalue weighted by molar-refractivity contribution is 5.68. The Balaban J connectivity index is 1.51. The lowest BCUT2D eigenvalue weighted by Gasteiger charge is -2.19. The van der Waals surface area contributed by atoms with Crippen molar-refractivity contribution in [3.63, 3.8) is 0 Å². The lowest BCUT2D eigenvalue weighted by atomic mass is 10.1. The molecule has 2 N–H and O–H groups in total. The molecule has 8 nitrogen and oxygen atoms in total. The number of halogens is 6. The molecule has 1 fully saturated rings. The summed E-state index contributed by atoms with van der Waals surface area (Å²) in [4.78, 5) is 34.5. The highest BCUT2D eigenvalue weighted by Crippen LogP contribution is 2.29. The SMILES string of the molecule is C[C@@H](Cc1c[nH]c(=O)c(C(F)(F)F)c1)OC(=O)N[C@@H]1CCN(c2ncc(C(F)(F)F)cn2)C1. The van der Waals surface area contributed by atoms with Crippen molar-refractivity contribution in [1.29, 1.82) is 0 Å². The molecule has 0 aromatic carbocycles. The number of nitrogens with one attached hydrogen (secondary N) is 2. The van der Waals surface area contributed by atoms with Gasteiger partial charge in [0.15, 0.2) is 0 Å². The number of aromatic amines is 1. The minimum absolute atomic E-state index is 0.0660. The Morgan fingerprint density at radius 1 is 1.24 bits per heavy atom. The van der Waals surface area contributed by atoms with Crippen LogP contribution in [0.25, 0.3) is 0 Å². The third-order valence-electron chi connectivity index (χ3n) is 4.86. The number of anilines is 1.